The molecule has 0 bridgehead atoms. The number of ether oxygens (including phenoxy) is 2. The van der Waals surface area contributed by atoms with Crippen molar-refractivity contribution in [3.63, 3.8) is 0 Å². The average molecular weight is 435 g/mol. The van der Waals surface area contributed by atoms with Crippen LogP contribution >= 0.6 is 0 Å². The zero-order valence-electron chi connectivity index (χ0n) is 17.6. The second-order valence-corrected chi connectivity index (χ2v) is 9.24. The van der Waals surface area contributed by atoms with E-state index in [0.717, 1.165) is 5.56 Å². The fourth-order valence-electron chi connectivity index (χ4n) is 2.65. The Morgan fingerprint density at radius 3 is 2.10 bits per heavy atom. The maximum Gasteiger partial charge on any atom is 0.337 e. The van der Waals surface area contributed by atoms with Gasteiger partial charge in [-0.3, -0.25) is 4.79 Å². The predicted octanol–water partition coefficient (Wildman–Crippen LogP) is 2.49. The van der Waals surface area contributed by atoms with Gasteiger partial charge in [-0.15, -0.1) is 0 Å². The fraction of sp³-hybridized carbons (Fsp3) is 0.333. The number of sulfonamides is 1. The highest BCUT2D eigenvalue weighted by Gasteiger charge is 2.26. The second-order valence-electron chi connectivity index (χ2n) is 7.59. The molecule has 0 unspecified atom stereocenters. The summed E-state index contributed by atoms with van der Waals surface area (Å²) in [5.41, 5.74) is 0.658. The summed E-state index contributed by atoms with van der Waals surface area (Å²) in [6.07, 6.45) is 0. The van der Waals surface area contributed by atoms with E-state index in [1.165, 1.54) is 32.4 Å². The topological polar surface area (TPSA) is 111 Å². The van der Waals surface area contributed by atoms with Crippen molar-refractivity contribution in [2.45, 2.75) is 37.8 Å². The third-order valence-electron chi connectivity index (χ3n) is 3.98. The highest BCUT2D eigenvalue weighted by molar-refractivity contribution is 7.89. The molecule has 2 aromatic rings. The lowest BCUT2D eigenvalue weighted by Crippen LogP contribution is -2.40. The number of amides is 1. The van der Waals surface area contributed by atoms with Crippen molar-refractivity contribution in [3.8, 4) is 5.75 Å². The molecule has 0 aliphatic carbocycles. The van der Waals surface area contributed by atoms with Crippen molar-refractivity contribution in [1.29, 1.82) is 0 Å². The van der Waals surface area contributed by atoms with Gasteiger partial charge in [-0.05, 0) is 56.7 Å². The Kier molecular flexibility index (Phi) is 7.22. The van der Waals surface area contributed by atoms with Gasteiger partial charge in [0, 0.05) is 17.6 Å². The van der Waals surface area contributed by atoms with E-state index in [9.17, 15) is 18.0 Å². The molecule has 0 aromatic heterocycles. The highest BCUT2D eigenvalue weighted by Crippen LogP contribution is 2.26. The number of benzene rings is 2. The molecule has 0 aliphatic rings. The lowest BCUT2D eigenvalue weighted by molar-refractivity contribution is 0.0600. The summed E-state index contributed by atoms with van der Waals surface area (Å²) in [6, 6.07) is 10.8. The van der Waals surface area contributed by atoms with Crippen molar-refractivity contribution in [2.24, 2.45) is 0 Å². The summed E-state index contributed by atoms with van der Waals surface area (Å²) in [7, 11) is -1.23. The molecule has 9 heteroatoms. The van der Waals surface area contributed by atoms with Gasteiger partial charge in [0.05, 0.1) is 19.8 Å². The van der Waals surface area contributed by atoms with E-state index < -0.39 is 27.4 Å². The van der Waals surface area contributed by atoms with Crippen molar-refractivity contribution >= 4 is 21.9 Å². The smallest absolute Gasteiger partial charge is 0.337 e. The first-order chi connectivity index (χ1) is 14.0. The van der Waals surface area contributed by atoms with Gasteiger partial charge in [-0.25, -0.2) is 17.9 Å². The van der Waals surface area contributed by atoms with E-state index in [2.05, 4.69) is 14.8 Å². The first kappa shape index (κ1) is 23.4. The lowest BCUT2D eigenvalue weighted by atomic mass is 10.1. The van der Waals surface area contributed by atoms with Gasteiger partial charge >= 0.3 is 5.97 Å². The molecule has 2 aromatic carbocycles. The van der Waals surface area contributed by atoms with Gasteiger partial charge in [0.15, 0.2) is 0 Å². The van der Waals surface area contributed by atoms with Crippen LogP contribution in [0.25, 0.3) is 0 Å². The second kappa shape index (κ2) is 9.27. The molecule has 1 amide bonds. The van der Waals surface area contributed by atoms with E-state index in [1.54, 1.807) is 45.0 Å². The molecule has 0 atom stereocenters. The SMILES string of the molecule is COC(=O)c1ccc(CNC(=O)c2ccc(OC)c(S(=O)(=O)NC(C)(C)C)c2)cc1. The van der Waals surface area contributed by atoms with E-state index in [4.69, 9.17) is 4.74 Å². The minimum Gasteiger partial charge on any atom is -0.495 e. The Hall–Kier alpha value is -2.91. The molecule has 0 aliphatic heterocycles. The van der Waals surface area contributed by atoms with Crippen LogP contribution in [0.4, 0.5) is 0 Å². The summed E-state index contributed by atoms with van der Waals surface area (Å²) in [4.78, 5) is 23.9. The van der Waals surface area contributed by atoms with Gasteiger partial charge in [0.2, 0.25) is 10.0 Å². The van der Waals surface area contributed by atoms with Crippen molar-refractivity contribution in [3.05, 3.63) is 59.2 Å². The Labute approximate surface area is 176 Å². The number of methoxy groups -OCH3 is 2. The van der Waals surface area contributed by atoms with E-state index in [0.29, 0.717) is 5.56 Å². The molecule has 0 heterocycles. The number of rotatable bonds is 7. The van der Waals surface area contributed by atoms with Gasteiger partial charge in [-0.1, -0.05) is 12.1 Å². The van der Waals surface area contributed by atoms with Crippen LogP contribution < -0.4 is 14.8 Å². The van der Waals surface area contributed by atoms with Crippen LogP contribution in [0.3, 0.4) is 0 Å². The molecule has 0 spiro atoms. The minimum atomic E-state index is -3.90. The molecular formula is C21H26N2O6S. The van der Waals surface area contributed by atoms with Crippen molar-refractivity contribution in [2.75, 3.05) is 14.2 Å². The Morgan fingerprint density at radius 2 is 1.57 bits per heavy atom. The van der Waals surface area contributed by atoms with Crippen LogP contribution in [0.15, 0.2) is 47.4 Å². The zero-order valence-corrected chi connectivity index (χ0v) is 18.4. The van der Waals surface area contributed by atoms with Crippen LogP contribution in [0.1, 0.15) is 47.1 Å². The van der Waals surface area contributed by atoms with Gasteiger partial charge in [0.1, 0.15) is 10.6 Å². The van der Waals surface area contributed by atoms with E-state index >= 15 is 0 Å². The third-order valence-corrected chi connectivity index (χ3v) is 5.76. The first-order valence-corrected chi connectivity index (χ1v) is 10.6. The van der Waals surface area contributed by atoms with E-state index in [-0.39, 0.29) is 22.8 Å². The molecule has 2 rings (SSSR count). The standard InChI is InChI=1S/C21H26N2O6S/c1-21(2,3)23-30(26,27)18-12-16(10-11-17(18)28-4)19(24)22-13-14-6-8-15(9-7-14)20(25)29-5/h6-12,23H,13H2,1-5H3,(H,22,24). The normalized spacial score (nSPS) is 11.6. The number of hydrogen-bond acceptors (Lipinski definition) is 6. The monoisotopic (exact) mass is 434 g/mol. The average Bonchev–Trinajstić information content (AvgIpc) is 2.69. The van der Waals surface area contributed by atoms with Gasteiger partial charge in [0.25, 0.3) is 5.91 Å². The number of carbonyl (C=O) groups excluding carboxylic acids is 2. The molecular weight excluding hydrogens is 408 g/mol. The molecule has 30 heavy (non-hydrogen) atoms. The summed E-state index contributed by atoms with van der Waals surface area (Å²) in [5.74, 6) is -0.745. The lowest BCUT2D eigenvalue weighted by Gasteiger charge is -2.21. The predicted molar refractivity (Wildman–Crippen MR) is 112 cm³/mol. The Bertz CT molecular complexity index is 1020. The van der Waals surface area contributed by atoms with Gasteiger partial charge in [-0.2, -0.15) is 0 Å². The molecule has 162 valence electrons. The quantitative estimate of drug-likeness (QED) is 0.648. The maximum absolute atomic E-state index is 12.7. The molecule has 0 saturated heterocycles. The third kappa shape index (κ3) is 6.04. The van der Waals surface area contributed by atoms with Gasteiger partial charge < -0.3 is 14.8 Å². The van der Waals surface area contributed by atoms with Crippen molar-refractivity contribution in [1.82, 2.24) is 10.0 Å². The summed E-state index contributed by atoms with van der Waals surface area (Å²) in [5, 5.41) is 2.73. The summed E-state index contributed by atoms with van der Waals surface area (Å²) in [6.45, 7) is 5.37. The van der Waals surface area contributed by atoms with Crippen LogP contribution in [-0.2, 0) is 21.3 Å². The maximum atomic E-state index is 12.7. The Morgan fingerprint density at radius 1 is 0.967 bits per heavy atom. The molecule has 0 fully saturated rings. The van der Waals surface area contributed by atoms with E-state index in [1.807, 2.05) is 0 Å². The molecule has 0 saturated carbocycles. The molecule has 2 N–H and O–H groups in total. The van der Waals surface area contributed by atoms with Crippen LogP contribution in [0.5, 0.6) is 5.75 Å². The molecule has 0 radical (unpaired) electrons. The van der Waals surface area contributed by atoms with Crippen LogP contribution in [-0.4, -0.2) is 40.1 Å². The highest BCUT2D eigenvalue weighted by atomic mass is 32.2. The minimum absolute atomic E-state index is 0.116. The Balaban J connectivity index is 2.19. The van der Waals surface area contributed by atoms with Crippen LogP contribution in [0.2, 0.25) is 0 Å². The van der Waals surface area contributed by atoms with Crippen LogP contribution in [0, 0.1) is 0 Å². The number of nitrogens with one attached hydrogen (secondary N) is 2. The van der Waals surface area contributed by atoms with Crippen molar-refractivity contribution < 1.29 is 27.5 Å². The largest absolute Gasteiger partial charge is 0.495 e. The molecule has 8 nitrogen and oxygen atoms in total. The number of carbonyl (C=O) groups is 2. The zero-order chi connectivity index (χ0) is 22.5. The summed E-state index contributed by atoms with van der Waals surface area (Å²) < 4.78 is 37.8. The fourth-order valence-corrected chi connectivity index (χ4v) is 4.26. The first-order valence-electron chi connectivity index (χ1n) is 9.14. The number of hydrogen-bond donors (Lipinski definition) is 2. The number of esters is 1. The summed E-state index contributed by atoms with van der Waals surface area (Å²) >= 11 is 0.